The Morgan fingerprint density at radius 2 is 1.91 bits per heavy atom. The van der Waals surface area contributed by atoms with Gasteiger partial charge in [0.05, 0.1) is 29.8 Å². The third-order valence-electron chi connectivity index (χ3n) is 3.96. The molecule has 0 spiro atoms. The highest BCUT2D eigenvalue weighted by atomic mass is 35.5. The van der Waals surface area contributed by atoms with Crippen LogP contribution in [0.15, 0.2) is 23.1 Å². The van der Waals surface area contributed by atoms with Gasteiger partial charge in [-0.2, -0.15) is 0 Å². The standard InChI is InChI=1S/C14H20Cl2N2O3S/c1-14(2,18-6-8-21-9-7-18)10-17-22(19,20)12-5-3-4-11(15)13(12)16/h3-5,17H,6-10H2,1-2H3/p+1. The molecular formula is C14H21Cl2N2O3S+. The number of nitrogens with one attached hydrogen (secondary N) is 2. The number of sulfonamides is 1. The highest BCUT2D eigenvalue weighted by molar-refractivity contribution is 7.89. The highest BCUT2D eigenvalue weighted by Crippen LogP contribution is 2.28. The van der Waals surface area contributed by atoms with E-state index in [9.17, 15) is 8.42 Å². The molecule has 2 rings (SSSR count). The van der Waals surface area contributed by atoms with Crippen LogP contribution in [0.3, 0.4) is 0 Å². The summed E-state index contributed by atoms with van der Waals surface area (Å²) in [6.45, 7) is 7.52. The lowest BCUT2D eigenvalue weighted by molar-refractivity contribution is -0.954. The van der Waals surface area contributed by atoms with E-state index in [1.165, 1.54) is 11.0 Å². The molecule has 0 aliphatic carbocycles. The lowest BCUT2D eigenvalue weighted by atomic mass is 10.0. The van der Waals surface area contributed by atoms with Gasteiger partial charge in [0.15, 0.2) is 0 Å². The van der Waals surface area contributed by atoms with E-state index in [1.54, 1.807) is 12.1 Å². The van der Waals surface area contributed by atoms with Gasteiger partial charge in [0, 0.05) is 0 Å². The zero-order chi connectivity index (χ0) is 16.4. The molecule has 1 saturated heterocycles. The van der Waals surface area contributed by atoms with Crippen molar-refractivity contribution in [3.05, 3.63) is 28.2 Å². The molecule has 1 heterocycles. The number of rotatable bonds is 5. The van der Waals surface area contributed by atoms with Crippen molar-refractivity contribution in [1.29, 1.82) is 0 Å². The minimum absolute atomic E-state index is 0.00874. The number of hydrogen-bond donors (Lipinski definition) is 2. The molecule has 0 atom stereocenters. The molecule has 1 aromatic carbocycles. The van der Waals surface area contributed by atoms with Crippen molar-refractivity contribution in [2.75, 3.05) is 32.8 Å². The Balaban J connectivity index is 2.10. The Hall–Kier alpha value is -0.370. The Kier molecular flexibility index (Phi) is 5.74. The first kappa shape index (κ1) is 18.0. The number of morpholine rings is 1. The monoisotopic (exact) mass is 367 g/mol. The van der Waals surface area contributed by atoms with Gasteiger partial charge in [-0.05, 0) is 26.0 Å². The summed E-state index contributed by atoms with van der Waals surface area (Å²) in [7, 11) is -3.70. The zero-order valence-corrected chi connectivity index (χ0v) is 15.0. The maximum atomic E-state index is 12.4. The van der Waals surface area contributed by atoms with Crippen LogP contribution in [0.2, 0.25) is 10.0 Å². The van der Waals surface area contributed by atoms with Crippen LogP contribution in [-0.2, 0) is 14.8 Å². The fourth-order valence-electron chi connectivity index (χ4n) is 2.46. The van der Waals surface area contributed by atoms with E-state index in [-0.39, 0.29) is 20.5 Å². The van der Waals surface area contributed by atoms with Gasteiger partial charge in [-0.25, -0.2) is 13.1 Å². The van der Waals surface area contributed by atoms with Crippen LogP contribution in [0.1, 0.15) is 13.8 Å². The summed E-state index contributed by atoms with van der Waals surface area (Å²) >= 11 is 11.9. The topological polar surface area (TPSA) is 59.8 Å². The van der Waals surface area contributed by atoms with Crippen molar-refractivity contribution in [2.45, 2.75) is 24.3 Å². The second kappa shape index (κ2) is 7.03. The van der Waals surface area contributed by atoms with E-state index in [2.05, 4.69) is 4.72 Å². The van der Waals surface area contributed by atoms with E-state index in [0.717, 1.165) is 13.1 Å². The molecule has 0 amide bonds. The molecule has 5 nitrogen and oxygen atoms in total. The van der Waals surface area contributed by atoms with Crippen molar-refractivity contribution in [3.63, 3.8) is 0 Å². The van der Waals surface area contributed by atoms with Crippen LogP contribution < -0.4 is 9.62 Å². The van der Waals surface area contributed by atoms with E-state index in [4.69, 9.17) is 27.9 Å². The second-order valence-corrected chi connectivity index (χ2v) is 8.50. The van der Waals surface area contributed by atoms with Gasteiger partial charge in [0.1, 0.15) is 23.5 Å². The average molecular weight is 368 g/mol. The van der Waals surface area contributed by atoms with E-state index >= 15 is 0 Å². The number of quaternary nitrogens is 1. The van der Waals surface area contributed by atoms with Crippen LogP contribution in [0.4, 0.5) is 0 Å². The molecule has 0 unspecified atom stereocenters. The molecule has 0 saturated carbocycles. The summed E-state index contributed by atoms with van der Waals surface area (Å²) in [6.07, 6.45) is 0. The normalized spacial score (nSPS) is 17.6. The molecule has 2 N–H and O–H groups in total. The first-order chi connectivity index (χ1) is 10.2. The smallest absolute Gasteiger partial charge is 0.242 e. The second-order valence-electron chi connectivity index (χ2n) is 5.98. The summed E-state index contributed by atoms with van der Waals surface area (Å²) in [5, 5.41) is 0.274. The molecule has 124 valence electrons. The van der Waals surface area contributed by atoms with Gasteiger partial charge < -0.3 is 9.64 Å². The van der Waals surface area contributed by atoms with E-state index in [1.807, 2.05) is 13.8 Å². The lowest BCUT2D eigenvalue weighted by Crippen LogP contribution is -3.22. The minimum Gasteiger partial charge on any atom is -0.370 e. The number of halogens is 2. The van der Waals surface area contributed by atoms with Gasteiger partial charge in [-0.3, -0.25) is 0 Å². The maximum absolute atomic E-state index is 12.4. The summed E-state index contributed by atoms with van der Waals surface area (Å²) in [4.78, 5) is 1.33. The first-order valence-corrected chi connectivity index (χ1v) is 9.34. The third-order valence-corrected chi connectivity index (χ3v) is 6.34. The summed E-state index contributed by atoms with van der Waals surface area (Å²) in [6, 6.07) is 4.58. The van der Waals surface area contributed by atoms with Crippen molar-refractivity contribution in [3.8, 4) is 0 Å². The highest BCUT2D eigenvalue weighted by Gasteiger charge is 2.34. The minimum atomic E-state index is -3.70. The van der Waals surface area contributed by atoms with Gasteiger partial charge in [0.2, 0.25) is 10.0 Å². The molecular weight excluding hydrogens is 347 g/mol. The molecule has 22 heavy (non-hydrogen) atoms. The summed E-state index contributed by atoms with van der Waals surface area (Å²) < 4.78 is 32.9. The Labute approximate surface area is 141 Å². The van der Waals surface area contributed by atoms with Gasteiger partial charge >= 0.3 is 0 Å². The largest absolute Gasteiger partial charge is 0.370 e. The van der Waals surface area contributed by atoms with Crippen LogP contribution in [0, 0.1) is 0 Å². The quantitative estimate of drug-likeness (QED) is 0.814. The molecule has 1 aliphatic rings. The van der Waals surface area contributed by atoms with Crippen molar-refractivity contribution in [1.82, 2.24) is 4.72 Å². The number of ether oxygens (including phenoxy) is 1. The molecule has 1 aliphatic heterocycles. The number of hydrogen-bond acceptors (Lipinski definition) is 3. The Bertz CT molecular complexity index is 629. The van der Waals surface area contributed by atoms with Gasteiger partial charge in [0.25, 0.3) is 0 Å². The zero-order valence-electron chi connectivity index (χ0n) is 12.7. The van der Waals surface area contributed by atoms with Crippen molar-refractivity contribution in [2.24, 2.45) is 0 Å². The van der Waals surface area contributed by atoms with Crippen LogP contribution in [0.5, 0.6) is 0 Å². The van der Waals surface area contributed by atoms with Gasteiger partial charge in [-0.15, -0.1) is 0 Å². The van der Waals surface area contributed by atoms with Crippen LogP contribution >= 0.6 is 23.2 Å². The third kappa shape index (κ3) is 4.13. The molecule has 0 aromatic heterocycles. The Morgan fingerprint density at radius 1 is 1.27 bits per heavy atom. The number of benzene rings is 1. The fraction of sp³-hybridized carbons (Fsp3) is 0.571. The fourth-order valence-corrected chi connectivity index (χ4v) is 4.44. The summed E-state index contributed by atoms with van der Waals surface area (Å²) in [5.74, 6) is 0. The van der Waals surface area contributed by atoms with Crippen LogP contribution in [0.25, 0.3) is 0 Å². The SMILES string of the molecule is CC(C)(CNS(=O)(=O)c1cccc(Cl)c1Cl)[NH+]1CCOCC1. The lowest BCUT2D eigenvalue weighted by Gasteiger charge is -2.37. The first-order valence-electron chi connectivity index (χ1n) is 7.11. The molecule has 1 aromatic rings. The van der Waals surface area contributed by atoms with Gasteiger partial charge in [-0.1, -0.05) is 29.3 Å². The predicted octanol–water partition coefficient (Wildman–Crippen LogP) is 0.965. The Morgan fingerprint density at radius 3 is 2.55 bits per heavy atom. The molecule has 8 heteroatoms. The summed E-state index contributed by atoms with van der Waals surface area (Å²) in [5.41, 5.74) is -0.234. The van der Waals surface area contributed by atoms with E-state index < -0.39 is 10.0 Å². The maximum Gasteiger partial charge on any atom is 0.242 e. The molecule has 0 radical (unpaired) electrons. The van der Waals surface area contributed by atoms with E-state index in [0.29, 0.717) is 19.8 Å². The average Bonchev–Trinajstić information content (AvgIpc) is 2.49. The van der Waals surface area contributed by atoms with Crippen molar-refractivity contribution < 1.29 is 18.1 Å². The van der Waals surface area contributed by atoms with Crippen LogP contribution in [-0.4, -0.2) is 46.8 Å². The predicted molar refractivity (Wildman–Crippen MR) is 87.2 cm³/mol. The molecule has 1 fully saturated rings. The molecule has 0 bridgehead atoms. The van der Waals surface area contributed by atoms with Crippen molar-refractivity contribution >= 4 is 33.2 Å².